The second-order valence-electron chi connectivity index (χ2n) is 5.04. The van der Waals surface area contributed by atoms with E-state index in [2.05, 4.69) is 0 Å². The Balaban J connectivity index is 2.43. The van der Waals surface area contributed by atoms with E-state index in [-0.39, 0.29) is 0 Å². The van der Waals surface area contributed by atoms with Crippen molar-refractivity contribution in [2.45, 2.75) is 50.4 Å². The predicted octanol–water partition coefficient (Wildman–Crippen LogP) is 5.20. The van der Waals surface area contributed by atoms with Crippen LogP contribution in [0.25, 0.3) is 0 Å². The summed E-state index contributed by atoms with van der Waals surface area (Å²) in [6, 6.07) is 6.92. The van der Waals surface area contributed by atoms with Gasteiger partial charge >= 0.3 is 0 Å². The molecule has 0 spiro atoms. The van der Waals surface area contributed by atoms with Gasteiger partial charge in [-0.1, -0.05) is 43.0 Å². The Hall–Kier alpha value is -0.630. The Kier molecular flexibility index (Phi) is 3.44. The van der Waals surface area contributed by atoms with Gasteiger partial charge in [0.2, 0.25) is 0 Å². The minimum Gasteiger partial charge on any atom is -0.206 e. The first-order valence-corrected chi connectivity index (χ1v) is 6.47. The maximum Gasteiger partial charge on any atom is 0.254 e. The molecule has 0 aromatic heterocycles. The molecule has 2 rings (SSSR count). The largest absolute Gasteiger partial charge is 0.254 e. The summed E-state index contributed by atoms with van der Waals surface area (Å²) in [7, 11) is 0. The summed E-state index contributed by atoms with van der Waals surface area (Å²) in [5.41, 5.74) is -0.260. The van der Waals surface area contributed by atoms with E-state index in [9.17, 15) is 8.78 Å². The van der Waals surface area contributed by atoms with E-state index in [0.717, 1.165) is 31.7 Å². The Labute approximate surface area is 106 Å². The molecule has 0 saturated heterocycles. The van der Waals surface area contributed by atoms with E-state index in [1.807, 2.05) is 0 Å². The standard InChI is InChI=1S/C14H17ClF2/c1-13(16,17)14(9-3-2-4-10-14)11-5-7-12(15)8-6-11/h5-8H,2-4,9-10H2,1H3. The highest BCUT2D eigenvalue weighted by molar-refractivity contribution is 6.30. The van der Waals surface area contributed by atoms with Gasteiger partial charge < -0.3 is 0 Å². The molecule has 0 heterocycles. The zero-order chi connectivity index (χ0) is 12.5. The molecule has 0 N–H and O–H groups in total. The van der Waals surface area contributed by atoms with Crippen LogP contribution in [0.4, 0.5) is 8.78 Å². The molecule has 1 fully saturated rings. The van der Waals surface area contributed by atoms with Crippen LogP contribution >= 0.6 is 11.6 Å². The smallest absolute Gasteiger partial charge is 0.206 e. The Morgan fingerprint density at radius 3 is 2.06 bits per heavy atom. The van der Waals surface area contributed by atoms with Gasteiger partial charge in [-0.15, -0.1) is 0 Å². The molecule has 3 heteroatoms. The lowest BCUT2D eigenvalue weighted by Crippen LogP contribution is -2.44. The Bertz CT molecular complexity index is 372. The van der Waals surface area contributed by atoms with Crippen molar-refractivity contribution in [2.75, 3.05) is 0 Å². The lowest BCUT2D eigenvalue weighted by Gasteiger charge is -2.42. The van der Waals surface area contributed by atoms with Gasteiger partial charge in [0, 0.05) is 11.9 Å². The third-order valence-corrected chi connectivity index (χ3v) is 4.20. The van der Waals surface area contributed by atoms with Gasteiger partial charge in [-0.05, 0) is 30.5 Å². The quantitative estimate of drug-likeness (QED) is 0.684. The summed E-state index contributed by atoms with van der Waals surface area (Å²) in [6.07, 6.45) is 3.96. The summed E-state index contributed by atoms with van der Waals surface area (Å²) in [6.45, 7) is 1.05. The summed E-state index contributed by atoms with van der Waals surface area (Å²) >= 11 is 5.82. The molecule has 0 nitrogen and oxygen atoms in total. The van der Waals surface area contributed by atoms with Gasteiger partial charge in [-0.2, -0.15) is 0 Å². The summed E-state index contributed by atoms with van der Waals surface area (Å²) in [4.78, 5) is 0. The van der Waals surface area contributed by atoms with Crippen molar-refractivity contribution in [1.29, 1.82) is 0 Å². The molecule has 0 radical (unpaired) electrons. The molecular weight excluding hydrogens is 242 g/mol. The Morgan fingerprint density at radius 2 is 1.59 bits per heavy atom. The van der Waals surface area contributed by atoms with Crippen LogP contribution in [0, 0.1) is 0 Å². The zero-order valence-corrected chi connectivity index (χ0v) is 10.7. The fourth-order valence-electron chi connectivity index (χ4n) is 2.91. The molecule has 1 aromatic carbocycles. The minimum atomic E-state index is -2.68. The van der Waals surface area contributed by atoms with Crippen LogP contribution < -0.4 is 0 Å². The second kappa shape index (κ2) is 4.56. The fraction of sp³-hybridized carbons (Fsp3) is 0.571. The van der Waals surface area contributed by atoms with Crippen LogP contribution in [-0.2, 0) is 5.41 Å². The third-order valence-electron chi connectivity index (χ3n) is 3.94. The van der Waals surface area contributed by atoms with Crippen LogP contribution in [0.15, 0.2) is 24.3 Å². The summed E-state index contributed by atoms with van der Waals surface area (Å²) in [5, 5.41) is 0.596. The number of rotatable bonds is 2. The van der Waals surface area contributed by atoms with Crippen LogP contribution in [-0.4, -0.2) is 5.92 Å². The van der Waals surface area contributed by atoms with Crippen molar-refractivity contribution in [1.82, 2.24) is 0 Å². The molecule has 1 aliphatic carbocycles. The van der Waals surface area contributed by atoms with Gasteiger partial charge in [-0.25, -0.2) is 8.78 Å². The van der Waals surface area contributed by atoms with Crippen LogP contribution in [0.2, 0.25) is 5.02 Å². The molecule has 0 bridgehead atoms. The molecule has 0 atom stereocenters. The molecule has 0 unspecified atom stereocenters. The topological polar surface area (TPSA) is 0 Å². The molecule has 0 aliphatic heterocycles. The van der Waals surface area contributed by atoms with Crippen molar-refractivity contribution < 1.29 is 8.78 Å². The minimum absolute atomic E-state index is 0.568. The van der Waals surface area contributed by atoms with Gasteiger partial charge in [0.25, 0.3) is 5.92 Å². The molecule has 94 valence electrons. The number of hydrogen-bond donors (Lipinski definition) is 0. The first-order valence-electron chi connectivity index (χ1n) is 6.10. The highest BCUT2D eigenvalue weighted by Crippen LogP contribution is 2.49. The van der Waals surface area contributed by atoms with Crippen LogP contribution in [0.1, 0.15) is 44.6 Å². The molecule has 0 amide bonds. The van der Waals surface area contributed by atoms with E-state index in [4.69, 9.17) is 11.6 Å². The van der Waals surface area contributed by atoms with Crippen LogP contribution in [0.5, 0.6) is 0 Å². The normalized spacial score (nSPS) is 20.2. The summed E-state index contributed by atoms with van der Waals surface area (Å²) in [5.74, 6) is -2.68. The van der Waals surface area contributed by atoms with Crippen molar-refractivity contribution in [3.63, 3.8) is 0 Å². The first kappa shape index (κ1) is 12.8. The number of alkyl halides is 2. The van der Waals surface area contributed by atoms with E-state index in [1.165, 1.54) is 0 Å². The lowest BCUT2D eigenvalue weighted by atomic mass is 9.66. The highest BCUT2D eigenvalue weighted by atomic mass is 35.5. The van der Waals surface area contributed by atoms with E-state index >= 15 is 0 Å². The van der Waals surface area contributed by atoms with Crippen molar-refractivity contribution in [3.05, 3.63) is 34.9 Å². The van der Waals surface area contributed by atoms with E-state index < -0.39 is 11.3 Å². The van der Waals surface area contributed by atoms with Crippen molar-refractivity contribution in [3.8, 4) is 0 Å². The molecule has 1 aliphatic rings. The van der Waals surface area contributed by atoms with E-state index in [1.54, 1.807) is 24.3 Å². The number of benzene rings is 1. The fourth-order valence-corrected chi connectivity index (χ4v) is 3.03. The maximum atomic E-state index is 14.0. The van der Waals surface area contributed by atoms with Gasteiger partial charge in [-0.3, -0.25) is 0 Å². The monoisotopic (exact) mass is 258 g/mol. The predicted molar refractivity (Wildman–Crippen MR) is 66.8 cm³/mol. The first-order chi connectivity index (χ1) is 7.96. The number of halogens is 3. The molecule has 1 saturated carbocycles. The van der Waals surface area contributed by atoms with E-state index in [0.29, 0.717) is 17.9 Å². The average Bonchev–Trinajstić information content (AvgIpc) is 2.29. The summed E-state index contributed by atoms with van der Waals surface area (Å²) < 4.78 is 28.0. The van der Waals surface area contributed by atoms with Crippen molar-refractivity contribution >= 4 is 11.6 Å². The van der Waals surface area contributed by atoms with Gasteiger partial charge in [0.15, 0.2) is 0 Å². The third kappa shape index (κ3) is 2.33. The maximum absolute atomic E-state index is 14.0. The zero-order valence-electron chi connectivity index (χ0n) is 9.98. The Morgan fingerprint density at radius 1 is 1.06 bits per heavy atom. The lowest BCUT2D eigenvalue weighted by molar-refractivity contribution is -0.0777. The molecule has 17 heavy (non-hydrogen) atoms. The van der Waals surface area contributed by atoms with Gasteiger partial charge in [0.1, 0.15) is 0 Å². The highest BCUT2D eigenvalue weighted by Gasteiger charge is 2.51. The van der Waals surface area contributed by atoms with Crippen molar-refractivity contribution in [2.24, 2.45) is 0 Å². The number of hydrogen-bond acceptors (Lipinski definition) is 0. The average molecular weight is 259 g/mol. The SMILES string of the molecule is CC(F)(F)C1(c2ccc(Cl)cc2)CCCCC1. The molecular formula is C14H17ClF2. The second-order valence-corrected chi connectivity index (χ2v) is 5.47. The van der Waals surface area contributed by atoms with Gasteiger partial charge in [0.05, 0.1) is 5.41 Å². The van der Waals surface area contributed by atoms with Crippen LogP contribution in [0.3, 0.4) is 0 Å². The molecule has 1 aromatic rings.